The topological polar surface area (TPSA) is 55.0 Å². The second-order valence-corrected chi connectivity index (χ2v) is 5.09. The van der Waals surface area contributed by atoms with Gasteiger partial charge in [-0.3, -0.25) is 4.79 Å². The van der Waals surface area contributed by atoms with E-state index in [1.54, 1.807) is 6.20 Å². The number of carbonyl (C=O) groups is 1. The third-order valence-corrected chi connectivity index (χ3v) is 3.81. The molecule has 2 aromatic heterocycles. The van der Waals surface area contributed by atoms with Gasteiger partial charge in [0.1, 0.15) is 11.4 Å². The van der Waals surface area contributed by atoms with Crippen LogP contribution in [0.25, 0.3) is 22.2 Å². The first-order chi connectivity index (χ1) is 10.2. The number of nitrogens with one attached hydrogen (secondary N) is 1. The summed E-state index contributed by atoms with van der Waals surface area (Å²) in [6.45, 7) is 5.66. The lowest BCUT2D eigenvalue weighted by Gasteiger charge is -2.08. The maximum absolute atomic E-state index is 12.4. The highest BCUT2D eigenvalue weighted by Gasteiger charge is 2.30. The number of nitrogens with zero attached hydrogens (tertiary/aromatic N) is 1. The van der Waals surface area contributed by atoms with Gasteiger partial charge in [0.05, 0.1) is 5.56 Å². The fourth-order valence-corrected chi connectivity index (χ4v) is 2.83. The van der Waals surface area contributed by atoms with Crippen LogP contribution in [0, 0.1) is 6.92 Å². The number of aryl methyl sites for hydroxylation is 1. The van der Waals surface area contributed by atoms with Crippen LogP contribution in [-0.4, -0.2) is 15.8 Å². The van der Waals surface area contributed by atoms with E-state index < -0.39 is 0 Å². The Hall–Kier alpha value is -2.88. The number of hydrogen-bond acceptors (Lipinski definition) is 3. The Morgan fingerprint density at radius 1 is 1.24 bits per heavy atom. The van der Waals surface area contributed by atoms with Crippen LogP contribution in [0.1, 0.15) is 15.9 Å². The molecule has 4 nitrogen and oxygen atoms in total. The minimum Gasteiger partial charge on any atom is -0.453 e. The van der Waals surface area contributed by atoms with Crippen LogP contribution in [0.3, 0.4) is 0 Å². The average molecular weight is 276 g/mol. The normalized spacial score (nSPS) is 13.6. The molecule has 3 aromatic rings. The summed E-state index contributed by atoms with van der Waals surface area (Å²) in [5.74, 6) is 0.598. The van der Waals surface area contributed by atoms with Gasteiger partial charge in [0.25, 0.3) is 0 Å². The van der Waals surface area contributed by atoms with E-state index in [1.165, 1.54) is 0 Å². The number of aromatic amines is 1. The first-order valence-electron chi connectivity index (χ1n) is 6.64. The number of fused-ring (bicyclic) bond motifs is 2. The van der Waals surface area contributed by atoms with Crippen molar-refractivity contribution in [3.8, 4) is 16.9 Å². The van der Waals surface area contributed by atoms with E-state index in [4.69, 9.17) is 4.74 Å². The van der Waals surface area contributed by atoms with Crippen molar-refractivity contribution in [1.82, 2.24) is 9.97 Å². The molecule has 0 bridgehead atoms. The molecule has 1 aliphatic rings. The Morgan fingerprint density at radius 3 is 2.95 bits per heavy atom. The van der Waals surface area contributed by atoms with Gasteiger partial charge < -0.3 is 9.72 Å². The van der Waals surface area contributed by atoms with Crippen molar-refractivity contribution in [3.63, 3.8) is 0 Å². The van der Waals surface area contributed by atoms with Crippen LogP contribution in [-0.2, 0) is 0 Å². The molecule has 0 unspecified atom stereocenters. The van der Waals surface area contributed by atoms with Gasteiger partial charge >= 0.3 is 0 Å². The molecule has 3 heterocycles. The molecular formula is C17H12N2O2. The molecule has 0 aliphatic carbocycles. The maximum Gasteiger partial charge on any atom is 0.231 e. The second kappa shape index (κ2) is 4.06. The number of hydrogen-bond donors (Lipinski definition) is 1. The Labute approximate surface area is 121 Å². The molecule has 4 heteroatoms. The highest BCUT2D eigenvalue weighted by molar-refractivity contribution is 6.17. The molecule has 4 rings (SSSR count). The highest BCUT2D eigenvalue weighted by atomic mass is 16.5. The van der Waals surface area contributed by atoms with Gasteiger partial charge in [0, 0.05) is 28.9 Å². The van der Waals surface area contributed by atoms with Crippen molar-refractivity contribution < 1.29 is 9.53 Å². The summed E-state index contributed by atoms with van der Waals surface area (Å²) in [7, 11) is 0. The van der Waals surface area contributed by atoms with Crippen LogP contribution >= 0.6 is 0 Å². The third-order valence-electron chi connectivity index (χ3n) is 3.81. The fraction of sp³-hybridized carbons (Fsp3) is 0.0588. The van der Waals surface area contributed by atoms with Gasteiger partial charge in [-0.05, 0) is 30.7 Å². The predicted molar refractivity (Wildman–Crippen MR) is 80.4 cm³/mol. The Bertz CT molecular complexity index is 922. The van der Waals surface area contributed by atoms with Crippen LogP contribution < -0.4 is 4.74 Å². The first kappa shape index (κ1) is 11.9. The molecule has 102 valence electrons. The number of ketones is 1. The quantitative estimate of drug-likeness (QED) is 0.690. The monoisotopic (exact) mass is 276 g/mol. The molecule has 0 spiro atoms. The summed E-state index contributed by atoms with van der Waals surface area (Å²) in [5, 5.41) is 0.985. The number of rotatable bonds is 1. The average Bonchev–Trinajstić information content (AvgIpc) is 3.03. The minimum atomic E-state index is -0.151. The Kier molecular flexibility index (Phi) is 2.30. The number of pyridine rings is 1. The van der Waals surface area contributed by atoms with Gasteiger partial charge in [-0.25, -0.2) is 4.98 Å². The van der Waals surface area contributed by atoms with Crippen LogP contribution in [0.5, 0.6) is 5.75 Å². The van der Waals surface area contributed by atoms with Gasteiger partial charge in [0.2, 0.25) is 5.78 Å². The van der Waals surface area contributed by atoms with Gasteiger partial charge in [0.15, 0.2) is 5.76 Å². The van der Waals surface area contributed by atoms with Crippen molar-refractivity contribution in [1.29, 1.82) is 0 Å². The van der Waals surface area contributed by atoms with E-state index in [9.17, 15) is 4.79 Å². The van der Waals surface area contributed by atoms with Crippen molar-refractivity contribution in [2.45, 2.75) is 6.92 Å². The largest absolute Gasteiger partial charge is 0.453 e. The van der Waals surface area contributed by atoms with Crippen LogP contribution in [0.2, 0.25) is 0 Å². The van der Waals surface area contributed by atoms with Gasteiger partial charge in [-0.2, -0.15) is 0 Å². The van der Waals surface area contributed by atoms with Crippen molar-refractivity contribution in [2.24, 2.45) is 0 Å². The SMILES string of the molecule is C=C1Oc2ccc(C)c(-c3c[nH]c4ncccc34)c2C1=O. The molecule has 0 saturated carbocycles. The zero-order chi connectivity index (χ0) is 14.6. The Morgan fingerprint density at radius 2 is 2.10 bits per heavy atom. The van der Waals surface area contributed by atoms with E-state index >= 15 is 0 Å². The van der Waals surface area contributed by atoms with E-state index in [0.717, 1.165) is 27.7 Å². The lowest BCUT2D eigenvalue weighted by atomic mass is 9.93. The first-order valence-corrected chi connectivity index (χ1v) is 6.64. The van der Waals surface area contributed by atoms with Crippen LogP contribution in [0.15, 0.2) is 49.0 Å². The number of Topliss-reactive ketones (excluding diaryl/α,β-unsaturated/α-hetero) is 1. The summed E-state index contributed by atoms with van der Waals surface area (Å²) in [6.07, 6.45) is 3.62. The number of carbonyl (C=O) groups excluding carboxylic acids is 1. The summed E-state index contributed by atoms with van der Waals surface area (Å²) in [5.41, 5.74) is 4.25. The van der Waals surface area contributed by atoms with E-state index in [1.807, 2.05) is 37.4 Å². The molecule has 0 amide bonds. The highest BCUT2D eigenvalue weighted by Crippen LogP contribution is 2.41. The van der Waals surface area contributed by atoms with Crippen molar-refractivity contribution in [2.75, 3.05) is 0 Å². The molecule has 1 N–H and O–H groups in total. The predicted octanol–water partition coefficient (Wildman–Crippen LogP) is 3.63. The third kappa shape index (κ3) is 1.56. The van der Waals surface area contributed by atoms with Gasteiger partial charge in [-0.15, -0.1) is 0 Å². The molecular weight excluding hydrogens is 264 g/mol. The van der Waals surface area contributed by atoms with Crippen molar-refractivity contribution in [3.05, 3.63) is 60.1 Å². The van der Waals surface area contributed by atoms with E-state index in [0.29, 0.717) is 11.3 Å². The lowest BCUT2D eigenvalue weighted by Crippen LogP contribution is -1.98. The van der Waals surface area contributed by atoms with E-state index in [2.05, 4.69) is 16.5 Å². The zero-order valence-corrected chi connectivity index (χ0v) is 11.4. The number of allylic oxidation sites excluding steroid dienone is 1. The summed E-state index contributed by atoms with van der Waals surface area (Å²) in [6, 6.07) is 7.64. The Balaban J connectivity index is 2.09. The standard InChI is InChI=1S/C17H12N2O2/c1-9-5-6-13-15(16(20)10(2)21-13)14(9)12-8-19-17-11(12)4-3-7-18-17/h3-8H,2H2,1H3,(H,18,19). The molecule has 1 aromatic carbocycles. The molecule has 0 atom stereocenters. The lowest BCUT2D eigenvalue weighted by molar-refractivity contribution is 0.101. The number of ether oxygens (including phenoxy) is 1. The minimum absolute atomic E-state index is 0.151. The van der Waals surface area contributed by atoms with Gasteiger partial charge in [-0.1, -0.05) is 12.6 Å². The van der Waals surface area contributed by atoms with Crippen LogP contribution in [0.4, 0.5) is 0 Å². The number of benzene rings is 1. The molecule has 0 saturated heterocycles. The summed E-state index contributed by atoms with van der Waals surface area (Å²) < 4.78 is 5.46. The fourth-order valence-electron chi connectivity index (χ4n) is 2.83. The molecule has 0 radical (unpaired) electrons. The number of H-pyrrole nitrogens is 1. The van der Waals surface area contributed by atoms with E-state index in [-0.39, 0.29) is 11.5 Å². The van der Waals surface area contributed by atoms with Crippen molar-refractivity contribution >= 4 is 16.8 Å². The number of aromatic nitrogens is 2. The second-order valence-electron chi connectivity index (χ2n) is 5.09. The molecule has 1 aliphatic heterocycles. The summed E-state index contributed by atoms with van der Waals surface area (Å²) in [4.78, 5) is 19.8. The maximum atomic E-state index is 12.4. The smallest absolute Gasteiger partial charge is 0.231 e. The summed E-state index contributed by atoms with van der Waals surface area (Å²) >= 11 is 0. The zero-order valence-electron chi connectivity index (χ0n) is 11.4. The molecule has 0 fully saturated rings. The molecule has 21 heavy (non-hydrogen) atoms.